The number of allylic oxidation sites excluding steroid dienone is 5. The van der Waals surface area contributed by atoms with Gasteiger partial charge in [-0.1, -0.05) is 55.9 Å². The lowest BCUT2D eigenvalue weighted by atomic mass is 10.2. The molecule has 0 amide bonds. The van der Waals surface area contributed by atoms with Crippen LogP contribution in [0.2, 0.25) is 0 Å². The smallest absolute Gasteiger partial charge is 0.0621 e. The van der Waals surface area contributed by atoms with E-state index < -0.39 is 0 Å². The van der Waals surface area contributed by atoms with Crippen LogP contribution >= 0.6 is 0 Å². The molecule has 1 N–H and O–H groups in total. The van der Waals surface area contributed by atoms with Gasteiger partial charge in [-0.25, -0.2) is 0 Å². The molecule has 0 aliphatic heterocycles. The molecule has 84 valence electrons. The quantitative estimate of drug-likeness (QED) is 0.424. The van der Waals surface area contributed by atoms with Crippen molar-refractivity contribution in [2.45, 2.75) is 26.2 Å². The molecule has 0 atom stereocenters. The molecule has 0 aromatic heterocycles. The van der Waals surface area contributed by atoms with E-state index in [1.165, 1.54) is 12.8 Å². The van der Waals surface area contributed by atoms with Crippen LogP contribution < -0.4 is 0 Å². The zero-order chi connectivity index (χ0) is 11.9. The topological polar surface area (TPSA) is 20.2 Å². The maximum atomic E-state index is 8.42. The van der Waals surface area contributed by atoms with E-state index in [9.17, 15) is 0 Å². The molecule has 0 bridgehead atoms. The van der Waals surface area contributed by atoms with Gasteiger partial charge in [-0.15, -0.1) is 0 Å². The summed E-state index contributed by atoms with van der Waals surface area (Å²) < 4.78 is 0. The minimum absolute atomic E-state index is 0.0184. The number of aliphatic hydroxyl groups excluding tert-OH is 1. The fraction of sp³-hybridized carbons (Fsp3) is 0.333. The second-order valence-electron chi connectivity index (χ2n) is 3.05. The van der Waals surface area contributed by atoms with Crippen molar-refractivity contribution in [3.05, 3.63) is 36.5 Å². The second-order valence-corrected chi connectivity index (χ2v) is 3.05. The highest BCUT2D eigenvalue weighted by Crippen LogP contribution is 1.94. The number of rotatable bonds is 5. The maximum absolute atomic E-state index is 8.42. The summed E-state index contributed by atoms with van der Waals surface area (Å²) in [5.41, 5.74) is 0. The van der Waals surface area contributed by atoms with Gasteiger partial charge in [0.05, 0.1) is 6.61 Å². The molecule has 1 nitrogen and oxygen atoms in total. The van der Waals surface area contributed by atoms with Gasteiger partial charge in [0.15, 0.2) is 0 Å². The monoisotopic (exact) mass is 214 g/mol. The Hall–Kier alpha value is -1.70. The molecular weight excluding hydrogens is 196 g/mol. The van der Waals surface area contributed by atoms with Crippen molar-refractivity contribution in [2.75, 3.05) is 6.61 Å². The molecule has 0 radical (unpaired) electrons. The lowest BCUT2D eigenvalue weighted by Crippen LogP contribution is -1.67. The Kier molecular flexibility index (Phi) is 11.9. The summed E-state index contributed by atoms with van der Waals surface area (Å²) in [4.78, 5) is 0. The molecule has 0 unspecified atom stereocenters. The van der Waals surface area contributed by atoms with Crippen LogP contribution in [0.4, 0.5) is 0 Å². The SMILES string of the molecule is CCCC/C=C/C=C/C#CC#C/C=C/CO. The van der Waals surface area contributed by atoms with E-state index in [4.69, 9.17) is 5.11 Å². The second kappa shape index (κ2) is 13.3. The molecule has 1 heteroatoms. The van der Waals surface area contributed by atoms with Crippen LogP contribution in [-0.4, -0.2) is 11.7 Å². The highest BCUT2D eigenvalue weighted by Gasteiger charge is 1.74. The van der Waals surface area contributed by atoms with Crippen molar-refractivity contribution in [3.63, 3.8) is 0 Å². The van der Waals surface area contributed by atoms with Crippen LogP contribution in [-0.2, 0) is 0 Å². The van der Waals surface area contributed by atoms with E-state index in [2.05, 4.69) is 36.7 Å². The van der Waals surface area contributed by atoms with Crippen LogP contribution in [0.15, 0.2) is 36.5 Å². The van der Waals surface area contributed by atoms with Gasteiger partial charge in [0.1, 0.15) is 0 Å². The molecule has 0 saturated carbocycles. The first kappa shape index (κ1) is 14.3. The molecule has 0 aliphatic rings. The van der Waals surface area contributed by atoms with E-state index in [0.29, 0.717) is 0 Å². The fourth-order valence-electron chi connectivity index (χ4n) is 0.868. The van der Waals surface area contributed by atoms with Gasteiger partial charge < -0.3 is 5.11 Å². The molecule has 0 saturated heterocycles. The first-order valence-electron chi connectivity index (χ1n) is 5.50. The summed E-state index contributed by atoms with van der Waals surface area (Å²) in [7, 11) is 0. The third kappa shape index (κ3) is 12.3. The van der Waals surface area contributed by atoms with Crippen LogP contribution in [0.25, 0.3) is 0 Å². The highest BCUT2D eigenvalue weighted by atomic mass is 16.2. The third-order valence-electron chi connectivity index (χ3n) is 1.66. The van der Waals surface area contributed by atoms with Crippen LogP contribution in [0.1, 0.15) is 26.2 Å². The van der Waals surface area contributed by atoms with Gasteiger partial charge in [-0.2, -0.15) is 0 Å². The molecule has 0 aliphatic carbocycles. The zero-order valence-corrected chi connectivity index (χ0v) is 9.74. The third-order valence-corrected chi connectivity index (χ3v) is 1.66. The Morgan fingerprint density at radius 1 is 1.00 bits per heavy atom. The predicted octanol–water partition coefficient (Wildman–Crippen LogP) is 2.84. The molecule has 0 spiro atoms. The average Bonchev–Trinajstić information content (AvgIpc) is 2.31. The van der Waals surface area contributed by atoms with E-state index in [0.717, 1.165) is 6.42 Å². The number of hydrogen-bond donors (Lipinski definition) is 1. The molecule has 0 heterocycles. The van der Waals surface area contributed by atoms with E-state index >= 15 is 0 Å². The lowest BCUT2D eigenvalue weighted by molar-refractivity contribution is 0.343. The van der Waals surface area contributed by atoms with Gasteiger partial charge >= 0.3 is 0 Å². The van der Waals surface area contributed by atoms with Gasteiger partial charge in [0.2, 0.25) is 0 Å². The number of unbranched alkanes of at least 4 members (excludes halogenated alkanes) is 2. The molecule has 0 aromatic carbocycles. The van der Waals surface area contributed by atoms with E-state index in [1.807, 2.05) is 12.2 Å². The molecule has 16 heavy (non-hydrogen) atoms. The first-order chi connectivity index (χ1) is 7.91. The summed E-state index contributed by atoms with van der Waals surface area (Å²) >= 11 is 0. The van der Waals surface area contributed by atoms with Gasteiger partial charge in [-0.3, -0.25) is 0 Å². The first-order valence-corrected chi connectivity index (χ1v) is 5.50. The normalized spacial score (nSPS) is 10.4. The van der Waals surface area contributed by atoms with Crippen molar-refractivity contribution in [1.82, 2.24) is 0 Å². The van der Waals surface area contributed by atoms with Crippen LogP contribution in [0, 0.1) is 23.7 Å². The summed E-state index contributed by atoms with van der Waals surface area (Å²) in [6.45, 7) is 2.20. The summed E-state index contributed by atoms with van der Waals surface area (Å²) in [5, 5.41) is 8.42. The Morgan fingerprint density at radius 2 is 1.75 bits per heavy atom. The van der Waals surface area contributed by atoms with Crippen LogP contribution in [0.5, 0.6) is 0 Å². The van der Waals surface area contributed by atoms with Gasteiger partial charge in [0, 0.05) is 0 Å². The summed E-state index contributed by atoms with van der Waals surface area (Å²) in [6.07, 6.45) is 14.6. The number of aliphatic hydroxyl groups is 1. The van der Waals surface area contributed by atoms with Crippen LogP contribution in [0.3, 0.4) is 0 Å². The minimum Gasteiger partial charge on any atom is -0.392 e. The highest BCUT2D eigenvalue weighted by molar-refractivity contribution is 5.34. The molecule has 0 fully saturated rings. The minimum atomic E-state index is 0.0184. The van der Waals surface area contributed by atoms with Gasteiger partial charge in [-0.05, 0) is 30.4 Å². The molecule has 0 rings (SSSR count). The van der Waals surface area contributed by atoms with E-state index in [-0.39, 0.29) is 6.61 Å². The largest absolute Gasteiger partial charge is 0.392 e. The average molecular weight is 214 g/mol. The Bertz CT molecular complexity index is 350. The van der Waals surface area contributed by atoms with Crippen molar-refractivity contribution >= 4 is 0 Å². The standard InChI is InChI=1S/C15H18O/c1-2-3-4-5-6-7-8-9-10-11-12-13-14-15-16/h5-8,13-14,16H,2-4,15H2,1H3/b6-5+,8-7+,14-13+. The number of hydrogen-bond acceptors (Lipinski definition) is 1. The maximum Gasteiger partial charge on any atom is 0.0621 e. The van der Waals surface area contributed by atoms with E-state index in [1.54, 1.807) is 18.2 Å². The zero-order valence-electron chi connectivity index (χ0n) is 9.74. The van der Waals surface area contributed by atoms with Crippen molar-refractivity contribution in [2.24, 2.45) is 0 Å². The molecular formula is C15H18O. The Balaban J connectivity index is 3.73. The van der Waals surface area contributed by atoms with Crippen molar-refractivity contribution in [1.29, 1.82) is 0 Å². The van der Waals surface area contributed by atoms with Crippen molar-refractivity contribution in [3.8, 4) is 23.7 Å². The Labute approximate surface area is 98.6 Å². The Morgan fingerprint density at radius 3 is 2.44 bits per heavy atom. The summed E-state index contributed by atoms with van der Waals surface area (Å²) in [6, 6.07) is 0. The predicted molar refractivity (Wildman–Crippen MR) is 69.6 cm³/mol. The fourth-order valence-corrected chi connectivity index (χ4v) is 0.868. The van der Waals surface area contributed by atoms with Gasteiger partial charge in [0.25, 0.3) is 0 Å². The summed E-state index contributed by atoms with van der Waals surface area (Å²) in [5.74, 6) is 10.8. The van der Waals surface area contributed by atoms with Crippen molar-refractivity contribution < 1.29 is 5.11 Å². The molecule has 0 aromatic rings. The lowest BCUT2D eigenvalue weighted by Gasteiger charge is -1.84.